The fourth-order valence-corrected chi connectivity index (χ4v) is 4.85. The van der Waals surface area contributed by atoms with Gasteiger partial charge in [0.05, 0.1) is 11.5 Å². The lowest BCUT2D eigenvalue weighted by atomic mass is 10.2. The average Bonchev–Trinajstić information content (AvgIpc) is 3.49. The molecule has 10 heteroatoms. The molecule has 2 heterocycles. The number of ether oxygens (including phenoxy) is 2. The maximum Gasteiger partial charge on any atom is 0.285 e. The van der Waals surface area contributed by atoms with Gasteiger partial charge in [-0.1, -0.05) is 36.0 Å². The van der Waals surface area contributed by atoms with Gasteiger partial charge in [0.2, 0.25) is 0 Å². The van der Waals surface area contributed by atoms with Crippen LogP contribution in [0, 0.1) is 0 Å². The second-order valence-electron chi connectivity index (χ2n) is 7.84. The van der Waals surface area contributed by atoms with Gasteiger partial charge in [0.25, 0.3) is 17.7 Å². The third-order valence-corrected chi connectivity index (χ3v) is 6.72. The summed E-state index contributed by atoms with van der Waals surface area (Å²) >= 11 is 6.40. The number of carbonyl (C=O) groups excluding carboxylic acids is 3. The maximum absolute atomic E-state index is 12.9. The van der Waals surface area contributed by atoms with Crippen molar-refractivity contribution in [2.24, 2.45) is 0 Å². The second kappa shape index (κ2) is 11.4. The van der Waals surface area contributed by atoms with Gasteiger partial charge in [-0.3, -0.25) is 19.8 Å². The van der Waals surface area contributed by atoms with Crippen molar-refractivity contribution < 1.29 is 23.9 Å². The Bertz CT molecular complexity index is 1160. The second-order valence-corrected chi connectivity index (χ2v) is 9.52. The summed E-state index contributed by atoms with van der Waals surface area (Å²) in [6.45, 7) is 3.74. The lowest BCUT2D eigenvalue weighted by Crippen LogP contribution is -2.44. The molecule has 0 saturated carbocycles. The monoisotopic (exact) mass is 511 g/mol. The van der Waals surface area contributed by atoms with Crippen LogP contribution in [-0.4, -0.2) is 58.3 Å². The first kappa shape index (κ1) is 24.7. The zero-order valence-electron chi connectivity index (χ0n) is 19.2. The zero-order valence-corrected chi connectivity index (χ0v) is 20.8. The van der Waals surface area contributed by atoms with E-state index < -0.39 is 11.8 Å². The van der Waals surface area contributed by atoms with Gasteiger partial charge >= 0.3 is 0 Å². The Labute approximate surface area is 213 Å². The molecule has 35 heavy (non-hydrogen) atoms. The highest BCUT2D eigenvalue weighted by Gasteiger charge is 2.33. The predicted octanol–water partition coefficient (Wildman–Crippen LogP) is 3.63. The van der Waals surface area contributed by atoms with Gasteiger partial charge in [-0.2, -0.15) is 5.01 Å². The Kier molecular flexibility index (Phi) is 8.04. The number of thiocarbonyl (C=S) groups is 1. The Morgan fingerprint density at radius 3 is 2.54 bits per heavy atom. The molecule has 2 fully saturated rings. The van der Waals surface area contributed by atoms with Crippen LogP contribution in [0.25, 0.3) is 6.08 Å². The van der Waals surface area contributed by atoms with Gasteiger partial charge < -0.3 is 14.4 Å². The van der Waals surface area contributed by atoms with E-state index >= 15 is 0 Å². The van der Waals surface area contributed by atoms with Crippen LogP contribution >= 0.6 is 24.0 Å². The predicted molar refractivity (Wildman–Crippen MR) is 138 cm³/mol. The first-order valence-corrected chi connectivity index (χ1v) is 12.5. The van der Waals surface area contributed by atoms with Crippen LogP contribution in [0.15, 0.2) is 53.4 Å². The van der Waals surface area contributed by atoms with Gasteiger partial charge in [0, 0.05) is 18.7 Å². The molecule has 2 aromatic rings. The van der Waals surface area contributed by atoms with Crippen molar-refractivity contribution in [2.75, 3.05) is 26.3 Å². The van der Waals surface area contributed by atoms with Crippen LogP contribution in [0.2, 0.25) is 0 Å². The van der Waals surface area contributed by atoms with Gasteiger partial charge in [-0.15, -0.1) is 0 Å². The van der Waals surface area contributed by atoms with Crippen molar-refractivity contribution in [2.45, 2.75) is 19.8 Å². The molecular weight excluding hydrogens is 486 g/mol. The molecule has 2 aromatic carbocycles. The number of thioether (sulfide) groups is 1. The third kappa shape index (κ3) is 6.01. The highest BCUT2D eigenvalue weighted by molar-refractivity contribution is 8.26. The Morgan fingerprint density at radius 2 is 1.83 bits per heavy atom. The molecule has 0 aromatic heterocycles. The summed E-state index contributed by atoms with van der Waals surface area (Å²) < 4.78 is 11.7. The van der Waals surface area contributed by atoms with Crippen LogP contribution in [0.3, 0.4) is 0 Å². The number of amides is 3. The molecule has 0 spiro atoms. The number of hydrogen-bond acceptors (Lipinski definition) is 7. The number of carbonyl (C=O) groups is 3. The third-order valence-electron chi connectivity index (χ3n) is 5.42. The maximum atomic E-state index is 12.9. The van der Waals surface area contributed by atoms with E-state index in [1.165, 1.54) is 0 Å². The fraction of sp³-hybridized carbons (Fsp3) is 0.280. The van der Waals surface area contributed by atoms with Gasteiger partial charge in [0.15, 0.2) is 22.4 Å². The van der Waals surface area contributed by atoms with Gasteiger partial charge in [0.1, 0.15) is 0 Å². The van der Waals surface area contributed by atoms with Crippen molar-refractivity contribution in [1.82, 2.24) is 15.3 Å². The molecule has 4 rings (SSSR count). The topological polar surface area (TPSA) is 88.2 Å². The minimum atomic E-state index is -0.424. The van der Waals surface area contributed by atoms with Crippen molar-refractivity contribution in [3.05, 3.63) is 64.6 Å². The lowest BCUT2D eigenvalue weighted by Gasteiger charge is -2.17. The van der Waals surface area contributed by atoms with Gasteiger partial charge in [-0.05, 0) is 67.9 Å². The normalized spacial score (nSPS) is 16.7. The molecular formula is C25H25N3O5S2. The van der Waals surface area contributed by atoms with E-state index in [0.717, 1.165) is 42.7 Å². The number of benzene rings is 2. The Morgan fingerprint density at radius 1 is 1.09 bits per heavy atom. The molecule has 0 aliphatic carbocycles. The zero-order chi connectivity index (χ0) is 24.8. The summed E-state index contributed by atoms with van der Waals surface area (Å²) in [5.74, 6) is 0.0448. The minimum absolute atomic E-state index is 0.0461. The van der Waals surface area contributed by atoms with Gasteiger partial charge in [-0.25, -0.2) is 0 Å². The summed E-state index contributed by atoms with van der Waals surface area (Å²) in [5, 5.41) is 1.08. The Hall–Kier alpha value is -3.37. The summed E-state index contributed by atoms with van der Waals surface area (Å²) in [4.78, 5) is 39.8. The summed E-state index contributed by atoms with van der Waals surface area (Å²) in [5.41, 5.74) is 3.68. The number of rotatable bonds is 8. The highest BCUT2D eigenvalue weighted by Crippen LogP contribution is 2.34. The van der Waals surface area contributed by atoms with E-state index in [-0.39, 0.29) is 16.8 Å². The van der Waals surface area contributed by atoms with Crippen molar-refractivity contribution in [1.29, 1.82) is 0 Å². The number of hydrazine groups is 1. The van der Waals surface area contributed by atoms with E-state index in [1.807, 2.05) is 6.92 Å². The van der Waals surface area contributed by atoms with Crippen molar-refractivity contribution >= 4 is 52.1 Å². The quantitative estimate of drug-likeness (QED) is 0.428. The van der Waals surface area contributed by atoms with E-state index in [0.29, 0.717) is 34.1 Å². The van der Waals surface area contributed by atoms with Crippen LogP contribution < -0.4 is 14.9 Å². The van der Waals surface area contributed by atoms with Crippen LogP contribution in [0.5, 0.6) is 11.5 Å². The first-order chi connectivity index (χ1) is 17.0. The standard InChI is InChI=1S/C25H25N3O5S2/c1-2-32-20-14-17(10-11-19(20)33-16-22(29)27-12-6-7-13-27)15-21-24(31)28(25(34)35-21)26-23(30)18-8-4-3-5-9-18/h3-5,8-11,14-15H,2,6-7,12-13,16H2,1H3,(H,26,30)/b21-15-. The number of likely N-dealkylation sites (tertiary alicyclic amines) is 1. The molecule has 8 nitrogen and oxygen atoms in total. The van der Waals surface area contributed by atoms with Crippen molar-refractivity contribution in [3.8, 4) is 11.5 Å². The molecule has 3 amide bonds. The molecule has 0 radical (unpaired) electrons. The molecule has 2 aliphatic rings. The largest absolute Gasteiger partial charge is 0.490 e. The fourth-order valence-electron chi connectivity index (χ4n) is 3.67. The van der Waals surface area contributed by atoms with Crippen LogP contribution in [-0.2, 0) is 9.59 Å². The highest BCUT2D eigenvalue weighted by atomic mass is 32.2. The molecule has 2 aliphatic heterocycles. The minimum Gasteiger partial charge on any atom is -0.490 e. The van der Waals surface area contributed by atoms with Crippen LogP contribution in [0.4, 0.5) is 0 Å². The molecule has 1 N–H and O–H groups in total. The molecule has 0 atom stereocenters. The summed E-state index contributed by atoms with van der Waals surface area (Å²) in [6, 6.07) is 13.8. The van der Waals surface area contributed by atoms with E-state index in [1.54, 1.807) is 59.5 Å². The number of nitrogens with zero attached hydrogens (tertiary/aromatic N) is 2. The molecule has 182 valence electrons. The number of hydrogen-bond donors (Lipinski definition) is 1. The van der Waals surface area contributed by atoms with Crippen LogP contribution in [0.1, 0.15) is 35.7 Å². The molecule has 0 bridgehead atoms. The van der Waals surface area contributed by atoms with E-state index in [9.17, 15) is 14.4 Å². The van der Waals surface area contributed by atoms with E-state index in [2.05, 4.69) is 5.43 Å². The summed E-state index contributed by atoms with van der Waals surface area (Å²) in [7, 11) is 0. The number of nitrogens with one attached hydrogen (secondary N) is 1. The lowest BCUT2D eigenvalue weighted by molar-refractivity contribution is -0.132. The molecule has 0 unspecified atom stereocenters. The van der Waals surface area contributed by atoms with E-state index in [4.69, 9.17) is 21.7 Å². The molecule has 2 saturated heterocycles. The smallest absolute Gasteiger partial charge is 0.285 e. The Balaban J connectivity index is 1.45. The average molecular weight is 512 g/mol. The van der Waals surface area contributed by atoms with Crippen molar-refractivity contribution in [3.63, 3.8) is 0 Å². The SMILES string of the molecule is CCOc1cc(/C=C2\SC(=S)N(NC(=O)c3ccccc3)C2=O)ccc1OCC(=O)N1CCCC1. The first-order valence-electron chi connectivity index (χ1n) is 11.3. The summed E-state index contributed by atoms with van der Waals surface area (Å²) in [6.07, 6.45) is 3.72.